The lowest BCUT2D eigenvalue weighted by molar-refractivity contribution is 0.0723. The van der Waals surface area contributed by atoms with Crippen molar-refractivity contribution >= 4 is 11.6 Å². The van der Waals surface area contributed by atoms with E-state index in [2.05, 4.69) is 28.2 Å². The first kappa shape index (κ1) is 14.9. The second-order valence-electron chi connectivity index (χ2n) is 6.35. The van der Waals surface area contributed by atoms with E-state index in [4.69, 9.17) is 0 Å². The number of carbonyl (C=O) groups excluding carboxylic acids is 1. The summed E-state index contributed by atoms with van der Waals surface area (Å²) in [5.74, 6) is 0.00716. The Balaban J connectivity index is 1.60. The minimum Gasteiger partial charge on any atom is -0.334 e. The molecule has 1 fully saturated rings. The molecule has 1 unspecified atom stereocenters. The molecule has 7 heteroatoms. The van der Waals surface area contributed by atoms with Crippen LogP contribution in [0.15, 0.2) is 30.7 Å². The molecule has 0 saturated carbocycles. The topological polar surface area (TPSA) is 68.3 Å². The Morgan fingerprint density at radius 1 is 1.38 bits per heavy atom. The maximum absolute atomic E-state index is 13.0. The van der Waals surface area contributed by atoms with Gasteiger partial charge in [0.25, 0.3) is 5.91 Å². The van der Waals surface area contributed by atoms with E-state index < -0.39 is 0 Å². The van der Waals surface area contributed by atoms with Crippen LogP contribution in [0, 0.1) is 13.8 Å². The molecule has 0 spiro atoms. The Kier molecular flexibility index (Phi) is 3.55. The summed E-state index contributed by atoms with van der Waals surface area (Å²) in [7, 11) is 0. The van der Waals surface area contributed by atoms with Crippen molar-refractivity contribution in [2.45, 2.75) is 39.3 Å². The van der Waals surface area contributed by atoms with Crippen LogP contribution >= 0.6 is 0 Å². The maximum Gasteiger partial charge on any atom is 0.259 e. The highest BCUT2D eigenvalue weighted by Crippen LogP contribution is 2.23. The smallest absolute Gasteiger partial charge is 0.259 e. The van der Waals surface area contributed by atoms with E-state index >= 15 is 0 Å². The molecule has 1 atom stereocenters. The number of rotatable bonds is 3. The van der Waals surface area contributed by atoms with Crippen molar-refractivity contribution < 1.29 is 4.79 Å². The zero-order chi connectivity index (χ0) is 16.7. The van der Waals surface area contributed by atoms with Gasteiger partial charge in [-0.3, -0.25) is 9.48 Å². The van der Waals surface area contributed by atoms with E-state index in [0.717, 1.165) is 37.3 Å². The molecule has 1 amide bonds. The third-order valence-electron chi connectivity index (χ3n) is 4.63. The molecule has 0 aromatic carbocycles. The van der Waals surface area contributed by atoms with E-state index in [9.17, 15) is 4.79 Å². The number of hydrogen-bond donors (Lipinski definition) is 0. The quantitative estimate of drug-likeness (QED) is 0.737. The molecule has 1 aliphatic rings. The lowest BCUT2D eigenvalue weighted by Crippen LogP contribution is -2.38. The Morgan fingerprint density at radius 3 is 3.04 bits per heavy atom. The first-order valence-electron chi connectivity index (χ1n) is 8.24. The Morgan fingerprint density at radius 2 is 2.25 bits per heavy atom. The summed E-state index contributed by atoms with van der Waals surface area (Å²) in [6, 6.07) is 4.03. The second kappa shape index (κ2) is 5.74. The summed E-state index contributed by atoms with van der Waals surface area (Å²) in [4.78, 5) is 19.3. The van der Waals surface area contributed by atoms with Crippen LogP contribution < -0.4 is 0 Å². The number of aromatic nitrogens is 5. The molecule has 0 N–H and O–H groups in total. The van der Waals surface area contributed by atoms with Gasteiger partial charge in [0.05, 0.1) is 24.5 Å². The maximum atomic E-state index is 13.0. The highest BCUT2D eigenvalue weighted by Gasteiger charge is 2.31. The summed E-state index contributed by atoms with van der Waals surface area (Å²) in [6.45, 7) is 5.55. The van der Waals surface area contributed by atoms with Crippen molar-refractivity contribution in [3.05, 3.63) is 47.7 Å². The van der Waals surface area contributed by atoms with E-state index in [1.54, 1.807) is 29.2 Å². The monoisotopic (exact) mass is 324 g/mol. The van der Waals surface area contributed by atoms with Crippen LogP contribution in [0.4, 0.5) is 0 Å². The molecule has 3 aromatic rings. The Labute approximate surface area is 139 Å². The molecular formula is C17H20N6O. The lowest BCUT2D eigenvalue weighted by atomic mass is 10.2. The highest BCUT2D eigenvalue weighted by molar-refractivity contribution is 5.99. The van der Waals surface area contributed by atoms with Gasteiger partial charge in [-0.25, -0.2) is 9.50 Å². The SMILES string of the molecule is Cc1cc(C)n(CC2CCCN2C(=O)c2cnn3cccnc23)n1. The molecule has 1 saturated heterocycles. The van der Waals surface area contributed by atoms with Gasteiger partial charge in [-0.15, -0.1) is 0 Å². The normalized spacial score (nSPS) is 17.8. The fraction of sp³-hybridized carbons (Fsp3) is 0.412. The molecule has 4 heterocycles. The number of fused-ring (bicyclic) bond motifs is 1. The summed E-state index contributed by atoms with van der Waals surface area (Å²) in [5.41, 5.74) is 3.31. The van der Waals surface area contributed by atoms with Crippen LogP contribution in [0.25, 0.3) is 5.65 Å². The number of aryl methyl sites for hydroxylation is 2. The highest BCUT2D eigenvalue weighted by atomic mass is 16.2. The summed E-state index contributed by atoms with van der Waals surface area (Å²) in [6.07, 6.45) is 7.12. The average molecular weight is 324 g/mol. The van der Waals surface area contributed by atoms with Gasteiger partial charge in [0.1, 0.15) is 5.56 Å². The van der Waals surface area contributed by atoms with Gasteiger partial charge in [-0.05, 0) is 38.8 Å². The molecule has 4 rings (SSSR count). The minimum absolute atomic E-state index is 0.00716. The van der Waals surface area contributed by atoms with Gasteiger partial charge in [0.15, 0.2) is 5.65 Å². The van der Waals surface area contributed by atoms with E-state index in [0.29, 0.717) is 11.2 Å². The zero-order valence-electron chi connectivity index (χ0n) is 13.9. The van der Waals surface area contributed by atoms with Gasteiger partial charge in [-0.1, -0.05) is 0 Å². The number of nitrogens with zero attached hydrogens (tertiary/aromatic N) is 6. The number of hydrogen-bond acceptors (Lipinski definition) is 4. The summed E-state index contributed by atoms with van der Waals surface area (Å²) < 4.78 is 3.64. The molecule has 3 aromatic heterocycles. The molecule has 7 nitrogen and oxygen atoms in total. The number of likely N-dealkylation sites (tertiary alicyclic amines) is 1. The van der Waals surface area contributed by atoms with Crippen LogP contribution in [-0.2, 0) is 6.54 Å². The summed E-state index contributed by atoms with van der Waals surface area (Å²) >= 11 is 0. The minimum atomic E-state index is 0.00716. The van der Waals surface area contributed by atoms with E-state index in [1.807, 2.05) is 16.5 Å². The second-order valence-corrected chi connectivity index (χ2v) is 6.35. The lowest BCUT2D eigenvalue weighted by Gasteiger charge is -2.24. The van der Waals surface area contributed by atoms with Gasteiger partial charge in [-0.2, -0.15) is 10.2 Å². The van der Waals surface area contributed by atoms with E-state index in [-0.39, 0.29) is 11.9 Å². The standard InChI is InChI=1S/C17H20N6O/c1-12-9-13(2)23(20-12)11-14-5-3-7-21(14)17(24)15-10-19-22-8-4-6-18-16(15)22/h4,6,8-10,14H,3,5,7,11H2,1-2H3. The molecule has 24 heavy (non-hydrogen) atoms. The summed E-state index contributed by atoms with van der Waals surface area (Å²) in [5, 5.41) is 8.76. The Hall–Kier alpha value is -2.70. The number of carbonyl (C=O) groups is 1. The van der Waals surface area contributed by atoms with Crippen molar-refractivity contribution in [1.29, 1.82) is 0 Å². The van der Waals surface area contributed by atoms with Crippen molar-refractivity contribution in [1.82, 2.24) is 29.3 Å². The predicted molar refractivity (Wildman–Crippen MR) is 88.7 cm³/mol. The van der Waals surface area contributed by atoms with Crippen molar-refractivity contribution in [2.24, 2.45) is 0 Å². The van der Waals surface area contributed by atoms with Crippen molar-refractivity contribution in [2.75, 3.05) is 6.54 Å². The third kappa shape index (κ3) is 2.46. The molecule has 0 aliphatic carbocycles. The molecular weight excluding hydrogens is 304 g/mol. The fourth-order valence-electron chi connectivity index (χ4n) is 3.49. The van der Waals surface area contributed by atoms with Gasteiger partial charge in [0, 0.05) is 24.6 Å². The van der Waals surface area contributed by atoms with Gasteiger partial charge < -0.3 is 4.90 Å². The third-order valence-corrected chi connectivity index (χ3v) is 4.63. The van der Waals surface area contributed by atoms with E-state index in [1.165, 1.54) is 0 Å². The van der Waals surface area contributed by atoms with Crippen molar-refractivity contribution in [3.8, 4) is 0 Å². The number of amides is 1. The van der Waals surface area contributed by atoms with Crippen LogP contribution in [0.5, 0.6) is 0 Å². The van der Waals surface area contributed by atoms with Gasteiger partial charge in [0.2, 0.25) is 0 Å². The first-order valence-corrected chi connectivity index (χ1v) is 8.24. The molecule has 1 aliphatic heterocycles. The van der Waals surface area contributed by atoms with Crippen LogP contribution in [0.1, 0.15) is 34.6 Å². The average Bonchev–Trinajstić information content (AvgIpc) is 3.26. The zero-order valence-corrected chi connectivity index (χ0v) is 13.9. The largest absolute Gasteiger partial charge is 0.334 e. The molecule has 0 bridgehead atoms. The fourth-order valence-corrected chi connectivity index (χ4v) is 3.49. The Bertz CT molecular complexity index is 896. The van der Waals surface area contributed by atoms with Crippen LogP contribution in [0.3, 0.4) is 0 Å². The molecule has 0 radical (unpaired) electrons. The van der Waals surface area contributed by atoms with Gasteiger partial charge >= 0.3 is 0 Å². The van der Waals surface area contributed by atoms with Crippen LogP contribution in [-0.4, -0.2) is 47.8 Å². The molecule has 124 valence electrons. The van der Waals surface area contributed by atoms with Crippen molar-refractivity contribution in [3.63, 3.8) is 0 Å². The van der Waals surface area contributed by atoms with Crippen LogP contribution in [0.2, 0.25) is 0 Å². The first-order chi connectivity index (χ1) is 11.6. The predicted octanol–water partition coefficient (Wildman–Crippen LogP) is 1.85.